The van der Waals surface area contributed by atoms with Crippen molar-refractivity contribution in [3.05, 3.63) is 56.4 Å². The SMILES string of the molecule is CN1CCN(c2ccc(Br)cc2NC(=O)c2c[nH]c(=O)cc2C(F)(F)F)CC1. The molecule has 1 saturated heterocycles. The second kappa shape index (κ2) is 7.96. The predicted octanol–water partition coefficient (Wildman–Crippen LogP) is 3.16. The standard InChI is InChI=1S/C18H18BrF3N4O2/c1-25-4-6-26(7-5-25)15-3-2-11(19)8-14(15)24-17(28)12-10-23-16(27)9-13(12)18(20,21)22/h2-3,8-10H,4-7H2,1H3,(H,23,27)(H,24,28). The zero-order valence-electron chi connectivity index (χ0n) is 14.9. The predicted molar refractivity (Wildman–Crippen MR) is 104 cm³/mol. The Morgan fingerprint density at radius 1 is 1.18 bits per heavy atom. The Kier molecular flexibility index (Phi) is 5.80. The number of carbonyl (C=O) groups excluding carboxylic acids is 1. The number of amides is 1. The fourth-order valence-corrected chi connectivity index (χ4v) is 3.38. The van der Waals surface area contributed by atoms with Crippen LogP contribution >= 0.6 is 15.9 Å². The maximum atomic E-state index is 13.2. The van der Waals surface area contributed by atoms with Gasteiger partial charge in [0.15, 0.2) is 0 Å². The summed E-state index contributed by atoms with van der Waals surface area (Å²) >= 11 is 3.33. The van der Waals surface area contributed by atoms with Gasteiger partial charge in [-0.2, -0.15) is 13.2 Å². The normalized spacial score (nSPS) is 15.5. The van der Waals surface area contributed by atoms with Crippen LogP contribution in [0, 0.1) is 0 Å². The van der Waals surface area contributed by atoms with Gasteiger partial charge in [-0.25, -0.2) is 0 Å². The Morgan fingerprint density at radius 3 is 2.50 bits per heavy atom. The van der Waals surface area contributed by atoms with E-state index in [0.717, 1.165) is 38.1 Å². The van der Waals surface area contributed by atoms with Gasteiger partial charge in [-0.3, -0.25) is 9.59 Å². The lowest BCUT2D eigenvalue weighted by atomic mass is 10.1. The number of nitrogens with one attached hydrogen (secondary N) is 2. The lowest BCUT2D eigenvalue weighted by molar-refractivity contribution is -0.138. The van der Waals surface area contributed by atoms with E-state index in [4.69, 9.17) is 0 Å². The van der Waals surface area contributed by atoms with Crippen molar-refractivity contribution in [3.8, 4) is 0 Å². The average Bonchev–Trinajstić information content (AvgIpc) is 2.62. The summed E-state index contributed by atoms with van der Waals surface area (Å²) in [6, 6.07) is 5.65. The second-order valence-electron chi connectivity index (χ2n) is 6.53. The molecule has 28 heavy (non-hydrogen) atoms. The summed E-state index contributed by atoms with van der Waals surface area (Å²) in [6.07, 6.45) is -4.04. The molecule has 150 valence electrons. The Bertz CT molecular complexity index is 937. The molecule has 1 fully saturated rings. The molecule has 0 atom stereocenters. The van der Waals surface area contributed by atoms with Gasteiger partial charge >= 0.3 is 6.18 Å². The summed E-state index contributed by atoms with van der Waals surface area (Å²) in [5.41, 5.74) is -1.73. The molecule has 0 bridgehead atoms. The minimum absolute atomic E-state index is 0.386. The largest absolute Gasteiger partial charge is 0.417 e. The van der Waals surface area contributed by atoms with Gasteiger partial charge in [-0.05, 0) is 25.2 Å². The first kappa shape index (κ1) is 20.4. The van der Waals surface area contributed by atoms with Crippen LogP contribution in [0.3, 0.4) is 0 Å². The molecule has 1 aromatic heterocycles. The number of rotatable bonds is 3. The van der Waals surface area contributed by atoms with Crippen LogP contribution in [-0.4, -0.2) is 49.0 Å². The number of halogens is 4. The molecule has 0 saturated carbocycles. The Hall–Kier alpha value is -2.33. The lowest BCUT2D eigenvalue weighted by Gasteiger charge is -2.35. The van der Waals surface area contributed by atoms with Crippen molar-refractivity contribution in [3.63, 3.8) is 0 Å². The van der Waals surface area contributed by atoms with Crippen molar-refractivity contribution in [2.24, 2.45) is 0 Å². The molecular formula is C18H18BrF3N4O2. The number of carbonyl (C=O) groups is 1. The van der Waals surface area contributed by atoms with Crippen LogP contribution in [0.5, 0.6) is 0 Å². The van der Waals surface area contributed by atoms with Crippen LogP contribution < -0.4 is 15.8 Å². The van der Waals surface area contributed by atoms with E-state index in [1.54, 1.807) is 6.07 Å². The first-order valence-electron chi connectivity index (χ1n) is 8.49. The summed E-state index contributed by atoms with van der Waals surface area (Å²) < 4.78 is 40.4. The number of benzene rings is 1. The van der Waals surface area contributed by atoms with Crippen molar-refractivity contribution in [2.75, 3.05) is 43.4 Å². The van der Waals surface area contributed by atoms with Crippen molar-refractivity contribution in [1.29, 1.82) is 0 Å². The molecule has 2 heterocycles. The smallest absolute Gasteiger partial charge is 0.367 e. The highest BCUT2D eigenvalue weighted by Gasteiger charge is 2.36. The molecule has 0 aliphatic carbocycles. The van der Waals surface area contributed by atoms with Gasteiger partial charge in [0, 0.05) is 42.9 Å². The number of piperazine rings is 1. The molecule has 0 unspecified atom stereocenters. The van der Waals surface area contributed by atoms with Crippen LogP contribution in [0.15, 0.2) is 39.7 Å². The number of hydrogen-bond donors (Lipinski definition) is 2. The van der Waals surface area contributed by atoms with Crippen molar-refractivity contribution in [1.82, 2.24) is 9.88 Å². The number of aromatic nitrogens is 1. The van der Waals surface area contributed by atoms with Crippen LogP contribution in [0.2, 0.25) is 0 Å². The van der Waals surface area contributed by atoms with Gasteiger partial charge in [0.05, 0.1) is 22.5 Å². The Balaban J connectivity index is 1.93. The van der Waals surface area contributed by atoms with Crippen molar-refractivity contribution in [2.45, 2.75) is 6.18 Å². The van der Waals surface area contributed by atoms with Crippen LogP contribution in [0.1, 0.15) is 15.9 Å². The van der Waals surface area contributed by atoms with E-state index in [0.29, 0.717) is 16.2 Å². The van der Waals surface area contributed by atoms with E-state index in [2.05, 4.69) is 36.0 Å². The molecule has 3 rings (SSSR count). The molecule has 1 aliphatic heterocycles. The fraction of sp³-hybridized carbons (Fsp3) is 0.333. The van der Waals surface area contributed by atoms with Gasteiger partial charge in [-0.1, -0.05) is 15.9 Å². The third kappa shape index (κ3) is 4.56. The highest BCUT2D eigenvalue weighted by molar-refractivity contribution is 9.10. The van der Waals surface area contributed by atoms with E-state index in [9.17, 15) is 22.8 Å². The van der Waals surface area contributed by atoms with Crippen LogP contribution in [0.25, 0.3) is 0 Å². The zero-order valence-corrected chi connectivity index (χ0v) is 16.5. The lowest BCUT2D eigenvalue weighted by Crippen LogP contribution is -2.44. The number of pyridine rings is 1. The van der Waals surface area contributed by atoms with E-state index in [-0.39, 0.29) is 0 Å². The quantitative estimate of drug-likeness (QED) is 0.741. The molecular weight excluding hydrogens is 441 g/mol. The molecule has 6 nitrogen and oxygen atoms in total. The molecule has 1 aliphatic rings. The topological polar surface area (TPSA) is 68.4 Å². The molecule has 2 aromatic rings. The fourth-order valence-electron chi connectivity index (χ4n) is 3.02. The highest BCUT2D eigenvalue weighted by Crippen LogP contribution is 2.33. The number of nitrogens with zero attached hydrogens (tertiary/aromatic N) is 2. The van der Waals surface area contributed by atoms with Gasteiger partial charge in [0.25, 0.3) is 5.91 Å². The highest BCUT2D eigenvalue weighted by atomic mass is 79.9. The third-order valence-electron chi connectivity index (χ3n) is 4.53. The third-order valence-corrected chi connectivity index (χ3v) is 5.02. The zero-order chi connectivity index (χ0) is 20.5. The summed E-state index contributed by atoms with van der Waals surface area (Å²) in [7, 11) is 2.01. The number of H-pyrrole nitrogens is 1. The summed E-state index contributed by atoms with van der Waals surface area (Å²) in [5.74, 6) is -0.947. The second-order valence-corrected chi connectivity index (χ2v) is 7.44. The van der Waals surface area contributed by atoms with Crippen molar-refractivity contribution >= 4 is 33.2 Å². The number of hydrogen-bond acceptors (Lipinski definition) is 4. The van der Waals surface area contributed by atoms with Gasteiger partial charge < -0.3 is 20.1 Å². The Labute approximate surface area is 167 Å². The molecule has 1 aromatic carbocycles. The van der Waals surface area contributed by atoms with E-state index >= 15 is 0 Å². The number of likely N-dealkylation sites (N-methyl/N-ethyl adjacent to an activating group) is 1. The molecule has 0 spiro atoms. The summed E-state index contributed by atoms with van der Waals surface area (Å²) in [6.45, 7) is 3.13. The maximum Gasteiger partial charge on any atom is 0.417 e. The van der Waals surface area contributed by atoms with E-state index < -0.39 is 28.8 Å². The number of alkyl halides is 3. The molecule has 2 N–H and O–H groups in total. The van der Waals surface area contributed by atoms with E-state index in [1.807, 2.05) is 19.2 Å². The molecule has 0 radical (unpaired) electrons. The first-order chi connectivity index (χ1) is 13.1. The Morgan fingerprint density at radius 2 is 1.86 bits per heavy atom. The van der Waals surface area contributed by atoms with Crippen LogP contribution in [-0.2, 0) is 6.18 Å². The summed E-state index contributed by atoms with van der Waals surface area (Å²) in [4.78, 5) is 30.3. The molecule has 1 amide bonds. The van der Waals surface area contributed by atoms with Crippen molar-refractivity contribution < 1.29 is 18.0 Å². The number of aromatic amines is 1. The summed E-state index contributed by atoms with van der Waals surface area (Å²) in [5, 5.41) is 2.56. The number of anilines is 2. The maximum absolute atomic E-state index is 13.2. The average molecular weight is 459 g/mol. The van der Waals surface area contributed by atoms with Gasteiger partial charge in [-0.15, -0.1) is 0 Å². The minimum Gasteiger partial charge on any atom is -0.367 e. The van der Waals surface area contributed by atoms with Gasteiger partial charge in [0.2, 0.25) is 5.56 Å². The van der Waals surface area contributed by atoms with E-state index in [1.165, 1.54) is 0 Å². The first-order valence-corrected chi connectivity index (χ1v) is 9.29. The minimum atomic E-state index is -4.82. The van der Waals surface area contributed by atoms with Crippen LogP contribution in [0.4, 0.5) is 24.5 Å². The monoisotopic (exact) mass is 458 g/mol. The van der Waals surface area contributed by atoms with Gasteiger partial charge in [0.1, 0.15) is 0 Å². The molecule has 10 heteroatoms.